The van der Waals surface area contributed by atoms with Gasteiger partial charge < -0.3 is 15.5 Å². The molecule has 0 radical (unpaired) electrons. The van der Waals surface area contributed by atoms with E-state index in [0.29, 0.717) is 22.9 Å². The summed E-state index contributed by atoms with van der Waals surface area (Å²) in [5.41, 5.74) is 0.647. The summed E-state index contributed by atoms with van der Waals surface area (Å²) in [6, 6.07) is 6.47. The lowest BCUT2D eigenvalue weighted by Crippen LogP contribution is -2.38. The van der Waals surface area contributed by atoms with Crippen molar-refractivity contribution in [3.63, 3.8) is 0 Å². The van der Waals surface area contributed by atoms with Gasteiger partial charge >= 0.3 is 0 Å². The standard InChI is InChI=1S/C15H22ClNO3/c1-10(2)7-13(9-18)17-15(20)8-14(19)11-3-5-12(16)6-4-11/h3-6,10,13-14,18-19H,7-9H2,1-2H3,(H,17,20). The molecular weight excluding hydrogens is 278 g/mol. The van der Waals surface area contributed by atoms with Crippen molar-refractivity contribution in [1.82, 2.24) is 5.32 Å². The first-order chi connectivity index (χ1) is 9.42. The highest BCUT2D eigenvalue weighted by Crippen LogP contribution is 2.19. The number of benzene rings is 1. The second kappa shape index (κ2) is 8.25. The molecule has 1 aromatic carbocycles. The molecule has 2 atom stereocenters. The Morgan fingerprint density at radius 3 is 2.40 bits per heavy atom. The fourth-order valence-corrected chi connectivity index (χ4v) is 2.14. The summed E-state index contributed by atoms with van der Waals surface area (Å²) in [4.78, 5) is 11.8. The SMILES string of the molecule is CC(C)CC(CO)NC(=O)CC(O)c1ccc(Cl)cc1. The van der Waals surface area contributed by atoms with E-state index >= 15 is 0 Å². The largest absolute Gasteiger partial charge is 0.394 e. The lowest BCUT2D eigenvalue weighted by molar-refractivity contribution is -0.124. The number of rotatable bonds is 7. The summed E-state index contributed by atoms with van der Waals surface area (Å²) in [6.45, 7) is 3.95. The van der Waals surface area contributed by atoms with Gasteiger partial charge in [0, 0.05) is 5.02 Å². The molecule has 0 heterocycles. The maximum Gasteiger partial charge on any atom is 0.223 e. The molecule has 1 amide bonds. The van der Waals surface area contributed by atoms with E-state index in [1.807, 2.05) is 13.8 Å². The van der Waals surface area contributed by atoms with Gasteiger partial charge in [-0.2, -0.15) is 0 Å². The van der Waals surface area contributed by atoms with Crippen molar-refractivity contribution < 1.29 is 15.0 Å². The Kier molecular flexibility index (Phi) is 6.99. The highest BCUT2D eigenvalue weighted by Gasteiger charge is 2.17. The van der Waals surface area contributed by atoms with Crippen molar-refractivity contribution in [2.75, 3.05) is 6.61 Å². The molecule has 0 saturated heterocycles. The Bertz CT molecular complexity index is 420. The van der Waals surface area contributed by atoms with Crippen LogP contribution in [0.4, 0.5) is 0 Å². The second-order valence-electron chi connectivity index (χ2n) is 5.35. The monoisotopic (exact) mass is 299 g/mol. The zero-order valence-corrected chi connectivity index (χ0v) is 12.6. The Labute approximate surface area is 124 Å². The lowest BCUT2D eigenvalue weighted by atomic mass is 10.0. The molecule has 3 N–H and O–H groups in total. The molecule has 0 saturated carbocycles. The molecule has 112 valence electrons. The number of aliphatic hydroxyl groups is 2. The van der Waals surface area contributed by atoms with Gasteiger partial charge in [0.25, 0.3) is 0 Å². The second-order valence-corrected chi connectivity index (χ2v) is 5.78. The van der Waals surface area contributed by atoms with Crippen LogP contribution in [-0.2, 0) is 4.79 Å². The van der Waals surface area contributed by atoms with Crippen molar-refractivity contribution in [3.05, 3.63) is 34.9 Å². The van der Waals surface area contributed by atoms with Gasteiger partial charge in [-0.05, 0) is 30.0 Å². The predicted molar refractivity (Wildman–Crippen MR) is 79.5 cm³/mol. The molecule has 0 aromatic heterocycles. The van der Waals surface area contributed by atoms with Crippen LogP contribution in [0.5, 0.6) is 0 Å². The van der Waals surface area contributed by atoms with Crippen molar-refractivity contribution in [1.29, 1.82) is 0 Å². The zero-order valence-electron chi connectivity index (χ0n) is 11.8. The maximum absolute atomic E-state index is 11.8. The number of carbonyl (C=O) groups excluding carboxylic acids is 1. The number of aliphatic hydroxyl groups excluding tert-OH is 2. The molecule has 20 heavy (non-hydrogen) atoms. The lowest BCUT2D eigenvalue weighted by Gasteiger charge is -2.19. The fraction of sp³-hybridized carbons (Fsp3) is 0.533. The van der Waals surface area contributed by atoms with Gasteiger partial charge in [0.1, 0.15) is 0 Å². The van der Waals surface area contributed by atoms with Gasteiger partial charge in [-0.3, -0.25) is 4.79 Å². The summed E-state index contributed by atoms with van der Waals surface area (Å²) in [6.07, 6.45) is -0.194. The van der Waals surface area contributed by atoms with E-state index in [1.54, 1.807) is 24.3 Å². The minimum absolute atomic E-state index is 0.0315. The Hall–Kier alpha value is -1.10. The van der Waals surface area contributed by atoms with Crippen LogP contribution < -0.4 is 5.32 Å². The van der Waals surface area contributed by atoms with Gasteiger partial charge in [-0.1, -0.05) is 37.6 Å². The zero-order chi connectivity index (χ0) is 15.1. The summed E-state index contributed by atoms with van der Waals surface area (Å²) < 4.78 is 0. The molecule has 4 nitrogen and oxygen atoms in total. The van der Waals surface area contributed by atoms with Crippen LogP contribution >= 0.6 is 11.6 Å². The minimum Gasteiger partial charge on any atom is -0.394 e. The summed E-state index contributed by atoms with van der Waals surface area (Å²) in [5.74, 6) is 0.112. The first-order valence-corrected chi connectivity index (χ1v) is 7.14. The van der Waals surface area contributed by atoms with E-state index in [4.69, 9.17) is 11.6 Å². The third-order valence-electron chi connectivity index (χ3n) is 2.97. The van der Waals surface area contributed by atoms with Crippen LogP contribution in [0, 0.1) is 5.92 Å². The third-order valence-corrected chi connectivity index (χ3v) is 3.23. The fourth-order valence-electron chi connectivity index (χ4n) is 2.01. The first kappa shape index (κ1) is 17.0. The van der Waals surface area contributed by atoms with Crippen LogP contribution in [0.2, 0.25) is 5.02 Å². The van der Waals surface area contributed by atoms with Crippen LogP contribution in [0.3, 0.4) is 0 Å². The number of hydrogen-bond acceptors (Lipinski definition) is 3. The van der Waals surface area contributed by atoms with Crippen LogP contribution in [0.25, 0.3) is 0 Å². The molecule has 0 aliphatic rings. The molecule has 5 heteroatoms. The molecule has 0 fully saturated rings. The van der Waals surface area contributed by atoms with Crippen molar-refractivity contribution in [2.24, 2.45) is 5.92 Å². The smallest absolute Gasteiger partial charge is 0.223 e. The van der Waals surface area contributed by atoms with E-state index in [2.05, 4.69) is 5.32 Å². The van der Waals surface area contributed by atoms with Crippen molar-refractivity contribution in [2.45, 2.75) is 38.8 Å². The number of hydrogen-bond donors (Lipinski definition) is 3. The van der Waals surface area contributed by atoms with E-state index in [9.17, 15) is 15.0 Å². The highest BCUT2D eigenvalue weighted by molar-refractivity contribution is 6.30. The van der Waals surface area contributed by atoms with Gasteiger partial charge in [0.15, 0.2) is 0 Å². The molecule has 0 aliphatic heterocycles. The number of nitrogens with one attached hydrogen (secondary N) is 1. The molecule has 1 rings (SSSR count). The topological polar surface area (TPSA) is 69.6 Å². The summed E-state index contributed by atoms with van der Waals surface area (Å²) >= 11 is 5.77. The molecule has 0 aliphatic carbocycles. The molecule has 0 spiro atoms. The van der Waals surface area contributed by atoms with E-state index < -0.39 is 6.10 Å². The maximum atomic E-state index is 11.8. The normalized spacial score (nSPS) is 14.1. The number of halogens is 1. The van der Waals surface area contributed by atoms with E-state index in [-0.39, 0.29) is 25.0 Å². The minimum atomic E-state index is -0.870. The van der Waals surface area contributed by atoms with Gasteiger partial charge in [-0.15, -0.1) is 0 Å². The average Bonchev–Trinajstić information content (AvgIpc) is 2.37. The van der Waals surface area contributed by atoms with Gasteiger partial charge in [0.05, 0.1) is 25.2 Å². The molecule has 1 aromatic rings. The van der Waals surface area contributed by atoms with E-state index in [0.717, 1.165) is 0 Å². The van der Waals surface area contributed by atoms with Crippen molar-refractivity contribution >= 4 is 17.5 Å². The predicted octanol–water partition coefficient (Wildman–Crippen LogP) is 2.29. The van der Waals surface area contributed by atoms with Crippen LogP contribution in [-0.4, -0.2) is 28.8 Å². The van der Waals surface area contributed by atoms with Crippen LogP contribution in [0.1, 0.15) is 38.4 Å². The first-order valence-electron chi connectivity index (χ1n) is 6.76. The molecular formula is C15H22ClNO3. The quantitative estimate of drug-likeness (QED) is 0.723. The van der Waals surface area contributed by atoms with Crippen LogP contribution in [0.15, 0.2) is 24.3 Å². The number of carbonyl (C=O) groups is 1. The third kappa shape index (κ3) is 5.90. The summed E-state index contributed by atoms with van der Waals surface area (Å²) in [7, 11) is 0. The highest BCUT2D eigenvalue weighted by atomic mass is 35.5. The summed E-state index contributed by atoms with van der Waals surface area (Å²) in [5, 5.41) is 22.5. The van der Waals surface area contributed by atoms with Gasteiger partial charge in [-0.25, -0.2) is 0 Å². The molecule has 0 bridgehead atoms. The Morgan fingerprint density at radius 2 is 1.90 bits per heavy atom. The average molecular weight is 300 g/mol. The van der Waals surface area contributed by atoms with E-state index in [1.165, 1.54) is 0 Å². The Balaban J connectivity index is 2.50. The molecule has 2 unspecified atom stereocenters. The van der Waals surface area contributed by atoms with Crippen molar-refractivity contribution in [3.8, 4) is 0 Å². The Morgan fingerprint density at radius 1 is 1.30 bits per heavy atom. The van der Waals surface area contributed by atoms with Gasteiger partial charge in [0.2, 0.25) is 5.91 Å². The number of amides is 1.